The summed E-state index contributed by atoms with van der Waals surface area (Å²) in [6, 6.07) is 21.8. The molecule has 0 aliphatic heterocycles. The summed E-state index contributed by atoms with van der Waals surface area (Å²) in [7, 11) is 3.12. The summed E-state index contributed by atoms with van der Waals surface area (Å²) in [4.78, 5) is 17.1. The molecule has 3 aromatic rings. The minimum atomic E-state index is -0.323. The Morgan fingerprint density at radius 2 is 1.60 bits per heavy atom. The van der Waals surface area contributed by atoms with Crippen LogP contribution < -0.4 is 19.5 Å². The van der Waals surface area contributed by atoms with E-state index < -0.39 is 0 Å². The smallest absolute Gasteiger partial charge is 0.265 e. The lowest BCUT2D eigenvalue weighted by molar-refractivity contribution is -0.120. The molecule has 0 aliphatic carbocycles. The SMILES string of the molecule is COc1ccc(/C=N\OCC(=O)Nc2ccc(Oc3ccccc3)cc2)cc1OC. The van der Waals surface area contributed by atoms with Crippen molar-refractivity contribution in [2.75, 3.05) is 26.1 Å². The molecule has 1 N–H and O–H groups in total. The van der Waals surface area contributed by atoms with Crippen LogP contribution in [0.1, 0.15) is 5.56 Å². The average Bonchev–Trinajstić information content (AvgIpc) is 2.78. The molecule has 0 radical (unpaired) electrons. The number of anilines is 1. The van der Waals surface area contributed by atoms with Crippen molar-refractivity contribution in [3.8, 4) is 23.0 Å². The van der Waals surface area contributed by atoms with Gasteiger partial charge in [-0.05, 0) is 54.6 Å². The van der Waals surface area contributed by atoms with Crippen LogP contribution >= 0.6 is 0 Å². The van der Waals surface area contributed by atoms with Crippen LogP contribution in [0.15, 0.2) is 78.0 Å². The second-order valence-corrected chi connectivity index (χ2v) is 6.11. The fourth-order valence-corrected chi connectivity index (χ4v) is 2.56. The number of hydrogen-bond donors (Lipinski definition) is 1. The Morgan fingerprint density at radius 1 is 0.900 bits per heavy atom. The highest BCUT2D eigenvalue weighted by Crippen LogP contribution is 2.27. The highest BCUT2D eigenvalue weighted by molar-refractivity contribution is 5.91. The van der Waals surface area contributed by atoms with Gasteiger partial charge in [0.1, 0.15) is 11.5 Å². The van der Waals surface area contributed by atoms with E-state index in [1.807, 2.05) is 30.3 Å². The molecule has 0 spiro atoms. The predicted octanol–water partition coefficient (Wildman–Crippen LogP) is 4.49. The second-order valence-electron chi connectivity index (χ2n) is 6.11. The average molecular weight is 406 g/mol. The fraction of sp³-hybridized carbons (Fsp3) is 0.130. The van der Waals surface area contributed by atoms with Crippen LogP contribution in [0.5, 0.6) is 23.0 Å². The first kappa shape index (κ1) is 20.7. The lowest BCUT2D eigenvalue weighted by atomic mass is 10.2. The van der Waals surface area contributed by atoms with Gasteiger partial charge in [0.25, 0.3) is 5.91 Å². The molecule has 0 atom stereocenters. The zero-order chi connectivity index (χ0) is 21.2. The molecule has 154 valence electrons. The predicted molar refractivity (Wildman–Crippen MR) is 115 cm³/mol. The normalized spacial score (nSPS) is 10.5. The third kappa shape index (κ3) is 6.00. The molecule has 3 rings (SSSR count). The van der Waals surface area contributed by atoms with Crippen molar-refractivity contribution < 1.29 is 23.8 Å². The molecule has 0 aliphatic rings. The molecular formula is C23H22N2O5. The van der Waals surface area contributed by atoms with E-state index >= 15 is 0 Å². The Bertz CT molecular complexity index is 988. The van der Waals surface area contributed by atoms with Gasteiger partial charge in [0, 0.05) is 11.3 Å². The number of methoxy groups -OCH3 is 2. The van der Waals surface area contributed by atoms with E-state index in [-0.39, 0.29) is 12.5 Å². The molecule has 0 saturated carbocycles. The fourth-order valence-electron chi connectivity index (χ4n) is 2.56. The number of nitrogens with zero attached hydrogens (tertiary/aromatic N) is 1. The third-order valence-electron chi connectivity index (χ3n) is 4.00. The van der Waals surface area contributed by atoms with Gasteiger partial charge in [0.05, 0.1) is 20.4 Å². The Kier molecular flexibility index (Phi) is 7.27. The van der Waals surface area contributed by atoms with Gasteiger partial charge in [-0.3, -0.25) is 4.79 Å². The number of amides is 1. The highest BCUT2D eigenvalue weighted by Gasteiger charge is 2.05. The molecule has 0 aromatic heterocycles. The third-order valence-corrected chi connectivity index (χ3v) is 4.00. The molecule has 1 amide bonds. The maximum Gasteiger partial charge on any atom is 0.265 e. The van der Waals surface area contributed by atoms with E-state index in [1.54, 1.807) is 56.7 Å². The molecule has 3 aromatic carbocycles. The van der Waals surface area contributed by atoms with Gasteiger partial charge < -0.3 is 24.4 Å². The summed E-state index contributed by atoms with van der Waals surface area (Å²) in [5.74, 6) is 2.30. The van der Waals surface area contributed by atoms with E-state index in [9.17, 15) is 4.79 Å². The standard InChI is InChI=1S/C23H22N2O5/c1-27-21-13-8-17(14-22(21)28-2)15-24-29-16-23(26)25-18-9-11-20(12-10-18)30-19-6-4-3-5-7-19/h3-15H,16H2,1-2H3,(H,25,26)/b24-15-. The first-order valence-corrected chi connectivity index (χ1v) is 9.18. The topological polar surface area (TPSA) is 78.4 Å². The van der Waals surface area contributed by atoms with Crippen LogP contribution in [0.4, 0.5) is 5.69 Å². The lowest BCUT2D eigenvalue weighted by Crippen LogP contribution is -2.16. The van der Waals surface area contributed by atoms with Crippen LogP contribution in [-0.4, -0.2) is 32.9 Å². The van der Waals surface area contributed by atoms with Gasteiger partial charge in [-0.2, -0.15) is 0 Å². The summed E-state index contributed by atoms with van der Waals surface area (Å²) in [6.07, 6.45) is 1.49. The molecule has 7 nitrogen and oxygen atoms in total. The number of carbonyl (C=O) groups is 1. The maximum absolute atomic E-state index is 12.0. The van der Waals surface area contributed by atoms with Gasteiger partial charge in [-0.15, -0.1) is 0 Å². The van der Waals surface area contributed by atoms with Gasteiger partial charge in [0.15, 0.2) is 18.1 Å². The minimum Gasteiger partial charge on any atom is -0.493 e. The van der Waals surface area contributed by atoms with Crippen molar-refractivity contribution in [3.63, 3.8) is 0 Å². The van der Waals surface area contributed by atoms with Crippen LogP contribution in [-0.2, 0) is 9.63 Å². The molecule has 0 bridgehead atoms. The number of ether oxygens (including phenoxy) is 3. The second kappa shape index (κ2) is 10.5. The molecule has 0 saturated heterocycles. The van der Waals surface area contributed by atoms with Gasteiger partial charge in [-0.1, -0.05) is 23.4 Å². The van der Waals surface area contributed by atoms with E-state index in [1.165, 1.54) is 6.21 Å². The zero-order valence-electron chi connectivity index (χ0n) is 16.7. The van der Waals surface area contributed by atoms with E-state index in [2.05, 4.69) is 10.5 Å². The maximum atomic E-state index is 12.0. The number of nitrogens with one attached hydrogen (secondary N) is 1. The van der Waals surface area contributed by atoms with Crippen LogP contribution in [0.25, 0.3) is 0 Å². The largest absolute Gasteiger partial charge is 0.493 e. The number of rotatable bonds is 9. The van der Waals surface area contributed by atoms with Gasteiger partial charge >= 0.3 is 0 Å². The van der Waals surface area contributed by atoms with Crippen molar-refractivity contribution in [2.24, 2.45) is 5.16 Å². The Labute approximate surface area is 174 Å². The number of carbonyl (C=O) groups excluding carboxylic acids is 1. The van der Waals surface area contributed by atoms with Crippen molar-refractivity contribution in [1.82, 2.24) is 0 Å². The Hall–Kier alpha value is -4.00. The van der Waals surface area contributed by atoms with Crippen molar-refractivity contribution in [3.05, 3.63) is 78.4 Å². The van der Waals surface area contributed by atoms with E-state index in [0.717, 1.165) is 11.3 Å². The summed E-state index contributed by atoms with van der Waals surface area (Å²) >= 11 is 0. The number of para-hydroxylation sites is 1. The summed E-state index contributed by atoms with van der Waals surface area (Å²) < 4.78 is 16.1. The van der Waals surface area contributed by atoms with E-state index in [4.69, 9.17) is 19.0 Å². The van der Waals surface area contributed by atoms with Gasteiger partial charge in [-0.25, -0.2) is 0 Å². The zero-order valence-corrected chi connectivity index (χ0v) is 16.7. The molecular weight excluding hydrogens is 384 g/mol. The van der Waals surface area contributed by atoms with Crippen LogP contribution in [0.2, 0.25) is 0 Å². The first-order valence-electron chi connectivity index (χ1n) is 9.18. The summed E-state index contributed by atoms with van der Waals surface area (Å²) in [5.41, 5.74) is 1.38. The van der Waals surface area contributed by atoms with Crippen molar-refractivity contribution in [1.29, 1.82) is 0 Å². The lowest BCUT2D eigenvalue weighted by Gasteiger charge is -2.08. The van der Waals surface area contributed by atoms with Crippen LogP contribution in [0, 0.1) is 0 Å². The highest BCUT2D eigenvalue weighted by atomic mass is 16.6. The van der Waals surface area contributed by atoms with Crippen molar-refractivity contribution in [2.45, 2.75) is 0 Å². The summed E-state index contributed by atoms with van der Waals surface area (Å²) in [6.45, 7) is -0.216. The monoisotopic (exact) mass is 406 g/mol. The Morgan fingerprint density at radius 3 is 2.30 bits per heavy atom. The molecule has 0 unspecified atom stereocenters. The molecule has 0 fully saturated rings. The van der Waals surface area contributed by atoms with E-state index in [0.29, 0.717) is 22.9 Å². The number of benzene rings is 3. The quantitative estimate of drug-likeness (QED) is 0.419. The number of hydrogen-bond acceptors (Lipinski definition) is 6. The molecule has 30 heavy (non-hydrogen) atoms. The molecule has 0 heterocycles. The van der Waals surface area contributed by atoms with Gasteiger partial charge in [0.2, 0.25) is 0 Å². The van der Waals surface area contributed by atoms with Crippen LogP contribution in [0.3, 0.4) is 0 Å². The summed E-state index contributed by atoms with van der Waals surface area (Å²) in [5, 5.41) is 6.55. The molecule has 7 heteroatoms. The first-order chi connectivity index (χ1) is 14.7. The Balaban J connectivity index is 1.46. The minimum absolute atomic E-state index is 0.216. The van der Waals surface area contributed by atoms with Crippen molar-refractivity contribution >= 4 is 17.8 Å². The number of oxime groups is 1.